The van der Waals surface area contributed by atoms with Crippen molar-refractivity contribution < 1.29 is 4.52 Å². The van der Waals surface area contributed by atoms with Crippen LogP contribution in [0.1, 0.15) is 43.6 Å². The second-order valence-corrected chi connectivity index (χ2v) is 5.52. The minimum atomic E-state index is -0.188. The van der Waals surface area contributed by atoms with E-state index in [9.17, 15) is 0 Å². The van der Waals surface area contributed by atoms with Crippen molar-refractivity contribution in [2.45, 2.75) is 32.7 Å². The van der Waals surface area contributed by atoms with Gasteiger partial charge in [0.15, 0.2) is 5.82 Å². The minimum Gasteiger partial charge on any atom is -0.338 e. The van der Waals surface area contributed by atoms with Gasteiger partial charge in [0.25, 0.3) is 0 Å². The van der Waals surface area contributed by atoms with E-state index in [1.807, 2.05) is 24.3 Å². The summed E-state index contributed by atoms with van der Waals surface area (Å²) in [4.78, 5) is 4.35. The highest BCUT2D eigenvalue weighted by Gasteiger charge is 2.16. The van der Waals surface area contributed by atoms with Crippen LogP contribution in [-0.4, -0.2) is 10.1 Å². The van der Waals surface area contributed by atoms with E-state index < -0.39 is 0 Å². The van der Waals surface area contributed by atoms with Crippen molar-refractivity contribution in [3.63, 3.8) is 0 Å². The van der Waals surface area contributed by atoms with Crippen molar-refractivity contribution in [1.82, 2.24) is 10.1 Å². The van der Waals surface area contributed by atoms with E-state index in [0.29, 0.717) is 24.1 Å². The topological polar surface area (TPSA) is 64.9 Å². The van der Waals surface area contributed by atoms with Crippen molar-refractivity contribution in [3.05, 3.63) is 46.6 Å². The Labute approximate surface area is 118 Å². The number of halogens is 1. The van der Waals surface area contributed by atoms with E-state index >= 15 is 0 Å². The van der Waals surface area contributed by atoms with E-state index in [4.69, 9.17) is 21.9 Å². The Morgan fingerprint density at radius 1 is 1.26 bits per heavy atom. The number of rotatable bonds is 5. The Balaban J connectivity index is 2.02. The van der Waals surface area contributed by atoms with Crippen molar-refractivity contribution in [1.29, 1.82) is 0 Å². The van der Waals surface area contributed by atoms with Gasteiger partial charge in [0.05, 0.1) is 6.04 Å². The van der Waals surface area contributed by atoms with Crippen LogP contribution in [0, 0.1) is 5.92 Å². The molecule has 0 unspecified atom stereocenters. The van der Waals surface area contributed by atoms with E-state index in [1.54, 1.807) is 0 Å². The molecule has 4 nitrogen and oxygen atoms in total. The lowest BCUT2D eigenvalue weighted by molar-refractivity contribution is 0.333. The summed E-state index contributed by atoms with van der Waals surface area (Å²) in [6, 6.07) is 7.41. The smallest absolute Gasteiger partial charge is 0.243 e. The van der Waals surface area contributed by atoms with Gasteiger partial charge in [-0.05, 0) is 30.0 Å². The summed E-state index contributed by atoms with van der Waals surface area (Å²) in [5, 5.41) is 4.68. The summed E-state index contributed by atoms with van der Waals surface area (Å²) in [5.74, 6) is 1.66. The number of nitrogens with two attached hydrogens (primary N) is 1. The molecule has 19 heavy (non-hydrogen) atoms. The molecule has 0 saturated carbocycles. The number of nitrogens with zero attached hydrogens (tertiary/aromatic N) is 2. The fourth-order valence-electron chi connectivity index (χ4n) is 1.88. The molecule has 102 valence electrons. The summed E-state index contributed by atoms with van der Waals surface area (Å²) in [5.41, 5.74) is 7.10. The number of hydrogen-bond acceptors (Lipinski definition) is 4. The lowest BCUT2D eigenvalue weighted by Crippen LogP contribution is -2.13. The molecule has 0 spiro atoms. The summed E-state index contributed by atoms with van der Waals surface area (Å²) in [6.07, 6.45) is 1.46. The van der Waals surface area contributed by atoms with Gasteiger partial charge in [-0.25, -0.2) is 0 Å². The van der Waals surface area contributed by atoms with Gasteiger partial charge in [-0.15, -0.1) is 0 Å². The molecular formula is C14H18ClN3O. The minimum absolute atomic E-state index is 0.188. The Morgan fingerprint density at radius 3 is 2.58 bits per heavy atom. The van der Waals surface area contributed by atoms with Crippen molar-refractivity contribution in [3.8, 4) is 0 Å². The predicted octanol–water partition coefficient (Wildman–Crippen LogP) is 3.36. The maximum Gasteiger partial charge on any atom is 0.243 e. The Bertz CT molecular complexity index is 522. The second kappa shape index (κ2) is 6.17. The third-order valence-electron chi connectivity index (χ3n) is 2.80. The third kappa shape index (κ3) is 4.04. The number of hydrogen-bond donors (Lipinski definition) is 1. The fourth-order valence-corrected chi connectivity index (χ4v) is 2.01. The highest BCUT2D eigenvalue weighted by Crippen LogP contribution is 2.18. The van der Waals surface area contributed by atoms with Gasteiger partial charge < -0.3 is 10.3 Å². The zero-order chi connectivity index (χ0) is 13.8. The van der Waals surface area contributed by atoms with Crippen molar-refractivity contribution in [2.75, 3.05) is 0 Å². The molecule has 2 N–H and O–H groups in total. The van der Waals surface area contributed by atoms with Crippen LogP contribution in [0.15, 0.2) is 28.8 Å². The lowest BCUT2D eigenvalue weighted by Gasteiger charge is -2.08. The first-order chi connectivity index (χ1) is 9.04. The second-order valence-electron chi connectivity index (χ2n) is 5.09. The van der Waals surface area contributed by atoms with Gasteiger partial charge in [0.1, 0.15) is 0 Å². The first-order valence-electron chi connectivity index (χ1n) is 6.37. The summed E-state index contributed by atoms with van der Waals surface area (Å²) >= 11 is 5.84. The molecule has 0 aliphatic heterocycles. The van der Waals surface area contributed by atoms with Gasteiger partial charge in [-0.2, -0.15) is 4.98 Å². The average molecular weight is 280 g/mol. The zero-order valence-corrected chi connectivity index (χ0v) is 11.9. The molecule has 1 aromatic heterocycles. The summed E-state index contributed by atoms with van der Waals surface area (Å²) < 4.78 is 5.21. The molecule has 0 aliphatic rings. The molecule has 1 heterocycles. The van der Waals surface area contributed by atoms with E-state index in [0.717, 1.165) is 17.0 Å². The molecule has 5 heteroatoms. The summed E-state index contributed by atoms with van der Waals surface area (Å²) in [6.45, 7) is 4.23. The molecule has 1 aromatic carbocycles. The monoisotopic (exact) mass is 279 g/mol. The summed E-state index contributed by atoms with van der Waals surface area (Å²) in [7, 11) is 0. The van der Waals surface area contributed by atoms with Crippen LogP contribution >= 0.6 is 11.6 Å². The zero-order valence-electron chi connectivity index (χ0n) is 11.1. The molecule has 2 rings (SSSR count). The Kier molecular flexibility index (Phi) is 4.56. The van der Waals surface area contributed by atoms with Crippen LogP contribution < -0.4 is 5.73 Å². The number of benzene rings is 1. The van der Waals surface area contributed by atoms with Crippen molar-refractivity contribution in [2.24, 2.45) is 11.7 Å². The van der Waals surface area contributed by atoms with Crippen LogP contribution in [-0.2, 0) is 6.42 Å². The Hall–Kier alpha value is -1.39. The van der Waals surface area contributed by atoms with E-state index in [2.05, 4.69) is 24.0 Å². The van der Waals surface area contributed by atoms with Gasteiger partial charge in [0, 0.05) is 11.4 Å². The standard InChI is InChI=1S/C14H18ClN3O/c1-9(2)7-12(16)14-17-13(18-19-14)8-10-3-5-11(15)6-4-10/h3-6,9,12H,7-8,16H2,1-2H3/t12-/m1/s1. The molecular weight excluding hydrogens is 262 g/mol. The molecule has 0 amide bonds. The van der Waals surface area contributed by atoms with E-state index in [-0.39, 0.29) is 6.04 Å². The van der Waals surface area contributed by atoms with Crippen LogP contribution in [0.25, 0.3) is 0 Å². The highest BCUT2D eigenvalue weighted by molar-refractivity contribution is 6.30. The van der Waals surface area contributed by atoms with Gasteiger partial charge in [0.2, 0.25) is 5.89 Å². The van der Waals surface area contributed by atoms with E-state index in [1.165, 1.54) is 0 Å². The predicted molar refractivity (Wildman–Crippen MR) is 74.9 cm³/mol. The SMILES string of the molecule is CC(C)C[C@@H](N)c1nc(Cc2ccc(Cl)cc2)no1. The normalized spacial score (nSPS) is 12.9. The molecule has 0 fully saturated rings. The quantitative estimate of drug-likeness (QED) is 0.911. The van der Waals surface area contributed by atoms with Crippen LogP contribution in [0.3, 0.4) is 0 Å². The molecule has 2 aromatic rings. The molecule has 0 radical (unpaired) electrons. The van der Waals surface area contributed by atoms with Gasteiger partial charge >= 0.3 is 0 Å². The van der Waals surface area contributed by atoms with Crippen LogP contribution in [0.4, 0.5) is 0 Å². The van der Waals surface area contributed by atoms with Gasteiger partial charge in [-0.3, -0.25) is 0 Å². The fraction of sp³-hybridized carbons (Fsp3) is 0.429. The lowest BCUT2D eigenvalue weighted by atomic mass is 10.0. The van der Waals surface area contributed by atoms with Crippen molar-refractivity contribution >= 4 is 11.6 Å². The number of aromatic nitrogens is 2. The highest BCUT2D eigenvalue weighted by atomic mass is 35.5. The Morgan fingerprint density at radius 2 is 1.95 bits per heavy atom. The largest absolute Gasteiger partial charge is 0.338 e. The average Bonchev–Trinajstić information content (AvgIpc) is 2.80. The third-order valence-corrected chi connectivity index (χ3v) is 3.05. The maximum atomic E-state index is 6.01. The molecule has 0 aliphatic carbocycles. The van der Waals surface area contributed by atoms with Crippen LogP contribution in [0.2, 0.25) is 5.02 Å². The molecule has 0 saturated heterocycles. The first-order valence-corrected chi connectivity index (χ1v) is 6.75. The molecule has 1 atom stereocenters. The first kappa shape index (κ1) is 14.0. The maximum absolute atomic E-state index is 6.01. The molecule has 0 bridgehead atoms. The van der Waals surface area contributed by atoms with Crippen LogP contribution in [0.5, 0.6) is 0 Å². The van der Waals surface area contributed by atoms with Gasteiger partial charge in [-0.1, -0.05) is 42.7 Å².